The zero-order valence-electron chi connectivity index (χ0n) is 13.4. The van der Waals surface area contributed by atoms with Crippen molar-refractivity contribution in [1.29, 1.82) is 0 Å². The van der Waals surface area contributed by atoms with Gasteiger partial charge in [-0.05, 0) is 50.6 Å². The molecule has 0 saturated carbocycles. The summed E-state index contributed by atoms with van der Waals surface area (Å²) < 4.78 is 0. The average Bonchev–Trinajstić information content (AvgIpc) is 2.60. The zero-order chi connectivity index (χ0) is 17.0. The average molecular weight is 351 g/mol. The maximum atomic E-state index is 12.1. The van der Waals surface area contributed by atoms with Gasteiger partial charge >= 0.3 is 0 Å². The Balaban J connectivity index is 2.20. The van der Waals surface area contributed by atoms with Crippen molar-refractivity contribution in [3.8, 4) is 0 Å². The number of amides is 1. The van der Waals surface area contributed by atoms with Crippen LogP contribution in [0, 0.1) is 0 Å². The Bertz CT molecular complexity index is 665. The van der Waals surface area contributed by atoms with Crippen LogP contribution in [0.5, 0.6) is 0 Å². The molecule has 3 nitrogen and oxygen atoms in total. The van der Waals surface area contributed by atoms with E-state index in [1.165, 1.54) is 0 Å². The number of carbonyl (C=O) groups excluding carboxylic acids is 1. The number of carbonyl (C=O) groups is 1. The highest BCUT2D eigenvalue weighted by atomic mass is 35.5. The predicted molar refractivity (Wildman–Crippen MR) is 97.8 cm³/mol. The van der Waals surface area contributed by atoms with E-state index in [0.29, 0.717) is 16.5 Å². The molecular weight excluding hydrogens is 331 g/mol. The van der Waals surface area contributed by atoms with E-state index in [1.54, 1.807) is 6.07 Å². The summed E-state index contributed by atoms with van der Waals surface area (Å²) in [5.41, 5.74) is 1.49. The monoisotopic (exact) mass is 350 g/mol. The standard InChI is InChI=1S/C18H20Cl2N2O/c1-18(2,3)21-17(23)8-13-6-4-5-7-22(12-13)16-10-14(19)9-15(20)11-16/h4-7,9-12H,8H2,1-3H3,(H,21,23). The molecule has 0 radical (unpaired) electrons. The number of hydrogen-bond donors (Lipinski definition) is 1. The third-order valence-electron chi connectivity index (χ3n) is 3.00. The summed E-state index contributed by atoms with van der Waals surface area (Å²) in [5.74, 6) is -0.0145. The number of benzene rings is 1. The summed E-state index contributed by atoms with van der Waals surface area (Å²) in [6.07, 6.45) is 9.84. The van der Waals surface area contributed by atoms with Crippen LogP contribution in [-0.4, -0.2) is 11.4 Å². The van der Waals surface area contributed by atoms with Crippen LogP contribution in [0.4, 0.5) is 5.69 Å². The number of hydrogen-bond acceptors (Lipinski definition) is 2. The molecule has 1 aliphatic rings. The minimum Gasteiger partial charge on any atom is -0.351 e. The summed E-state index contributed by atoms with van der Waals surface area (Å²) >= 11 is 12.1. The van der Waals surface area contributed by atoms with E-state index in [-0.39, 0.29) is 11.4 Å². The third-order valence-corrected chi connectivity index (χ3v) is 3.43. The number of rotatable bonds is 3. The highest BCUT2D eigenvalue weighted by Crippen LogP contribution is 2.27. The number of nitrogens with one attached hydrogen (secondary N) is 1. The maximum absolute atomic E-state index is 12.1. The molecule has 0 aromatic heterocycles. The molecule has 0 saturated heterocycles. The lowest BCUT2D eigenvalue weighted by atomic mass is 10.1. The van der Waals surface area contributed by atoms with Gasteiger partial charge in [-0.25, -0.2) is 0 Å². The molecule has 1 aliphatic heterocycles. The topological polar surface area (TPSA) is 32.3 Å². The van der Waals surface area contributed by atoms with Gasteiger partial charge in [0, 0.05) is 33.7 Å². The molecule has 1 aromatic carbocycles. The molecule has 5 heteroatoms. The van der Waals surface area contributed by atoms with E-state index in [1.807, 2.05) is 68.4 Å². The summed E-state index contributed by atoms with van der Waals surface area (Å²) in [6, 6.07) is 5.34. The Kier molecular flexibility index (Phi) is 5.55. The molecule has 0 bridgehead atoms. The number of halogens is 2. The number of anilines is 1. The molecule has 1 amide bonds. The molecule has 1 heterocycles. The van der Waals surface area contributed by atoms with Crippen molar-refractivity contribution >= 4 is 34.8 Å². The van der Waals surface area contributed by atoms with E-state index >= 15 is 0 Å². The third kappa shape index (κ3) is 5.77. The molecule has 1 aromatic rings. The lowest BCUT2D eigenvalue weighted by Gasteiger charge is -2.21. The van der Waals surface area contributed by atoms with Crippen molar-refractivity contribution in [3.63, 3.8) is 0 Å². The SMILES string of the molecule is CC(C)(C)NC(=O)CC1=CN(c2cc(Cl)cc(Cl)c2)C=CC=C1. The second-order valence-corrected chi connectivity index (χ2v) is 7.29. The van der Waals surface area contributed by atoms with E-state index in [2.05, 4.69) is 5.32 Å². The van der Waals surface area contributed by atoms with Crippen LogP contribution < -0.4 is 10.2 Å². The Morgan fingerprint density at radius 1 is 1.13 bits per heavy atom. The quantitative estimate of drug-likeness (QED) is 0.824. The van der Waals surface area contributed by atoms with Gasteiger partial charge in [0.05, 0.1) is 6.42 Å². The molecule has 0 unspecified atom stereocenters. The van der Waals surface area contributed by atoms with Crippen LogP contribution in [0.3, 0.4) is 0 Å². The molecule has 1 N–H and O–H groups in total. The first-order valence-electron chi connectivity index (χ1n) is 7.34. The zero-order valence-corrected chi connectivity index (χ0v) is 14.9. The van der Waals surface area contributed by atoms with Crippen LogP contribution in [0.2, 0.25) is 10.0 Å². The van der Waals surface area contributed by atoms with E-state index < -0.39 is 0 Å². The van der Waals surface area contributed by atoms with E-state index in [9.17, 15) is 4.79 Å². The Hall–Kier alpha value is -1.71. The number of nitrogens with zero attached hydrogens (tertiary/aromatic N) is 1. The molecule has 0 atom stereocenters. The van der Waals surface area contributed by atoms with Crippen LogP contribution in [0.1, 0.15) is 27.2 Å². The fourth-order valence-electron chi connectivity index (χ4n) is 2.19. The van der Waals surface area contributed by atoms with Gasteiger partial charge in [0.1, 0.15) is 0 Å². The molecule has 2 rings (SSSR count). The van der Waals surface area contributed by atoms with Crippen molar-refractivity contribution in [3.05, 3.63) is 64.4 Å². The van der Waals surface area contributed by atoms with E-state index in [0.717, 1.165) is 11.3 Å². The van der Waals surface area contributed by atoms with E-state index in [4.69, 9.17) is 23.2 Å². The van der Waals surface area contributed by atoms with Gasteiger partial charge in [0.25, 0.3) is 0 Å². The summed E-state index contributed by atoms with van der Waals surface area (Å²) in [6.45, 7) is 5.89. The second-order valence-electron chi connectivity index (χ2n) is 6.41. The van der Waals surface area contributed by atoms with Crippen LogP contribution in [0.15, 0.2) is 54.4 Å². The summed E-state index contributed by atoms with van der Waals surface area (Å²) in [4.78, 5) is 14.0. The Morgan fingerprint density at radius 3 is 2.39 bits per heavy atom. The molecule has 122 valence electrons. The van der Waals surface area contributed by atoms with Gasteiger partial charge < -0.3 is 10.2 Å². The largest absolute Gasteiger partial charge is 0.351 e. The second kappa shape index (κ2) is 7.24. The lowest BCUT2D eigenvalue weighted by molar-refractivity contribution is -0.121. The number of allylic oxidation sites excluding steroid dienone is 3. The summed E-state index contributed by atoms with van der Waals surface area (Å²) in [7, 11) is 0. The fraction of sp³-hybridized carbons (Fsp3) is 0.278. The minimum atomic E-state index is -0.246. The highest BCUT2D eigenvalue weighted by Gasteiger charge is 2.15. The summed E-state index contributed by atoms with van der Waals surface area (Å²) in [5, 5.41) is 4.10. The molecule has 0 spiro atoms. The lowest BCUT2D eigenvalue weighted by Crippen LogP contribution is -2.40. The van der Waals surface area contributed by atoms with Crippen molar-refractivity contribution in [2.75, 3.05) is 4.90 Å². The Labute approximate surface area is 147 Å². The van der Waals surface area contributed by atoms with Gasteiger partial charge in [-0.3, -0.25) is 4.79 Å². The van der Waals surface area contributed by atoms with Crippen molar-refractivity contribution < 1.29 is 4.79 Å². The molecule has 23 heavy (non-hydrogen) atoms. The Morgan fingerprint density at radius 2 is 1.78 bits per heavy atom. The van der Waals surface area contributed by atoms with Gasteiger partial charge in [0.15, 0.2) is 0 Å². The van der Waals surface area contributed by atoms with Crippen LogP contribution >= 0.6 is 23.2 Å². The first-order valence-corrected chi connectivity index (χ1v) is 8.09. The first kappa shape index (κ1) is 17.6. The van der Waals surface area contributed by atoms with Crippen LogP contribution in [0.25, 0.3) is 0 Å². The normalized spacial score (nSPS) is 14.5. The van der Waals surface area contributed by atoms with Crippen molar-refractivity contribution in [2.45, 2.75) is 32.7 Å². The minimum absolute atomic E-state index is 0.0145. The smallest absolute Gasteiger partial charge is 0.224 e. The molecular formula is C18H20Cl2N2O. The van der Waals surface area contributed by atoms with Gasteiger partial charge in [0.2, 0.25) is 5.91 Å². The van der Waals surface area contributed by atoms with Gasteiger partial charge in [-0.1, -0.05) is 35.4 Å². The van der Waals surface area contributed by atoms with Crippen molar-refractivity contribution in [2.24, 2.45) is 0 Å². The molecule has 0 aliphatic carbocycles. The molecule has 0 fully saturated rings. The fourth-order valence-corrected chi connectivity index (χ4v) is 2.70. The van der Waals surface area contributed by atoms with Gasteiger partial charge in [-0.2, -0.15) is 0 Å². The van der Waals surface area contributed by atoms with Crippen LogP contribution in [-0.2, 0) is 4.79 Å². The predicted octanol–water partition coefficient (Wildman–Crippen LogP) is 5.07. The first-order chi connectivity index (χ1) is 10.7. The van der Waals surface area contributed by atoms with Gasteiger partial charge in [-0.15, -0.1) is 0 Å². The van der Waals surface area contributed by atoms with Crippen molar-refractivity contribution in [1.82, 2.24) is 5.32 Å². The maximum Gasteiger partial charge on any atom is 0.224 e. The highest BCUT2D eigenvalue weighted by molar-refractivity contribution is 6.35.